The van der Waals surface area contributed by atoms with Crippen LogP contribution in [0, 0.1) is 0 Å². The Kier molecular flexibility index (Phi) is 7.30. The molecule has 1 radical (unpaired) electrons. The number of carbonyl (C=O) groups excluding carboxylic acids is 1. The molecule has 0 fully saturated rings. The van der Waals surface area contributed by atoms with Crippen LogP contribution < -0.4 is 5.73 Å². The van der Waals surface area contributed by atoms with Gasteiger partial charge in [-0.25, -0.2) is 0 Å². The molecule has 0 saturated heterocycles. The van der Waals surface area contributed by atoms with Gasteiger partial charge in [0.1, 0.15) is 0 Å². The van der Waals surface area contributed by atoms with Gasteiger partial charge in [-0.05, 0) is 0 Å². The van der Waals surface area contributed by atoms with Crippen LogP contribution >= 0.6 is 0 Å². The first-order valence-electron chi connectivity index (χ1n) is 0.993. The van der Waals surface area contributed by atoms with Crippen LogP contribution in [0.25, 0.3) is 0 Å². The van der Waals surface area contributed by atoms with Gasteiger partial charge in [-0.15, -0.1) is 0 Å². The minimum atomic E-state index is -0.333. The number of primary amides is 1. The first-order valence-corrected chi connectivity index (χ1v) is 0.993. The molecule has 0 aromatic rings. The van der Waals surface area contributed by atoms with Gasteiger partial charge in [-0.2, -0.15) is 0 Å². The Labute approximate surface area is 43.5 Å². The molecule has 0 rings (SSSR count). The second-order valence-corrected chi connectivity index (χ2v) is 0.611. The zero-order valence-corrected chi connectivity index (χ0v) is 4.46. The molecule has 0 saturated carbocycles. The minimum absolute atomic E-state index is 0. The van der Waals surface area contributed by atoms with Crippen molar-refractivity contribution >= 4 is 5.91 Å². The van der Waals surface area contributed by atoms with E-state index >= 15 is 0 Å². The van der Waals surface area contributed by atoms with Gasteiger partial charge < -0.3 is 5.73 Å². The molecule has 1 amide bonds. The van der Waals surface area contributed by atoms with E-state index in [2.05, 4.69) is 5.73 Å². The standard InChI is InChI=1S/C2H5NO.Rh/c1-2(3)4;/h1H3,(H2,3,4);/q;+2. The molecule has 31 valence electrons. The maximum atomic E-state index is 9.22. The zero-order chi connectivity index (χ0) is 3.58. The summed E-state index contributed by atoms with van der Waals surface area (Å²) in [6.45, 7) is 1.31. The monoisotopic (exact) mass is 162 g/mol. The second-order valence-electron chi connectivity index (χ2n) is 0.611. The number of hydrogen-bond donors (Lipinski definition) is 1. The largest absolute Gasteiger partial charge is 2.00 e. The van der Waals surface area contributed by atoms with Crippen LogP contribution in [-0.2, 0) is 24.3 Å². The molecule has 0 aliphatic carbocycles. The van der Waals surface area contributed by atoms with Gasteiger partial charge in [-0.1, -0.05) is 0 Å². The summed E-state index contributed by atoms with van der Waals surface area (Å²) in [5.74, 6) is -0.333. The molecule has 2 nitrogen and oxygen atoms in total. The van der Waals surface area contributed by atoms with Gasteiger partial charge in [0.2, 0.25) is 5.91 Å². The van der Waals surface area contributed by atoms with Crippen LogP contribution in [0.4, 0.5) is 0 Å². The normalized spacial score (nSPS) is 5.00. The molecule has 0 heterocycles. The molecular weight excluding hydrogens is 157 g/mol. The van der Waals surface area contributed by atoms with Crippen LogP contribution in [-0.4, -0.2) is 5.91 Å². The maximum absolute atomic E-state index is 9.22. The quantitative estimate of drug-likeness (QED) is 0.479. The van der Waals surface area contributed by atoms with E-state index < -0.39 is 0 Å². The Morgan fingerprint density at radius 1 is 1.80 bits per heavy atom. The first-order chi connectivity index (χ1) is 1.73. The number of carbonyl (C=O) groups is 1. The van der Waals surface area contributed by atoms with Crippen LogP contribution in [0.2, 0.25) is 0 Å². The smallest absolute Gasteiger partial charge is 0.370 e. The molecule has 5 heavy (non-hydrogen) atoms. The molecule has 0 aromatic heterocycles. The molecule has 0 aromatic carbocycles. The van der Waals surface area contributed by atoms with E-state index in [4.69, 9.17) is 0 Å². The average molecular weight is 162 g/mol. The predicted molar refractivity (Wildman–Crippen MR) is 14.9 cm³/mol. The maximum Gasteiger partial charge on any atom is 2.00 e. The Morgan fingerprint density at radius 2 is 1.80 bits per heavy atom. The van der Waals surface area contributed by atoms with E-state index in [1.54, 1.807) is 0 Å². The summed E-state index contributed by atoms with van der Waals surface area (Å²) in [5.41, 5.74) is 4.47. The van der Waals surface area contributed by atoms with Crippen molar-refractivity contribution < 1.29 is 24.3 Å². The Morgan fingerprint density at radius 3 is 1.80 bits per heavy atom. The Bertz CT molecular complexity index is 32.6. The fraction of sp³-hybridized carbons (Fsp3) is 0.500. The van der Waals surface area contributed by atoms with Crippen molar-refractivity contribution in [3.8, 4) is 0 Å². The van der Waals surface area contributed by atoms with Crippen molar-refractivity contribution in [2.24, 2.45) is 5.73 Å². The van der Waals surface area contributed by atoms with Crippen molar-refractivity contribution in [1.82, 2.24) is 0 Å². The van der Waals surface area contributed by atoms with Crippen molar-refractivity contribution in [2.75, 3.05) is 0 Å². The molecule has 2 N–H and O–H groups in total. The van der Waals surface area contributed by atoms with Gasteiger partial charge in [0.25, 0.3) is 0 Å². The molecular formula is C2H5NORh+2. The summed E-state index contributed by atoms with van der Waals surface area (Å²) >= 11 is 0. The summed E-state index contributed by atoms with van der Waals surface area (Å²) in [6, 6.07) is 0. The summed E-state index contributed by atoms with van der Waals surface area (Å²) < 4.78 is 0. The average Bonchev–Trinajstić information content (AvgIpc) is 0.811. The summed E-state index contributed by atoms with van der Waals surface area (Å²) in [4.78, 5) is 9.22. The number of hydrogen-bond acceptors (Lipinski definition) is 1. The van der Waals surface area contributed by atoms with E-state index in [0.29, 0.717) is 0 Å². The van der Waals surface area contributed by atoms with Gasteiger partial charge in [0.05, 0.1) is 0 Å². The van der Waals surface area contributed by atoms with E-state index in [0.717, 1.165) is 0 Å². The fourth-order valence-corrected chi connectivity index (χ4v) is 0. The van der Waals surface area contributed by atoms with E-state index in [1.807, 2.05) is 0 Å². The van der Waals surface area contributed by atoms with Crippen LogP contribution in [0.5, 0.6) is 0 Å². The molecule has 3 heteroatoms. The number of rotatable bonds is 0. The molecule has 0 spiro atoms. The third-order valence-corrected chi connectivity index (χ3v) is 0. The fourth-order valence-electron chi connectivity index (χ4n) is 0. The Hall–Kier alpha value is 0.0934. The summed E-state index contributed by atoms with van der Waals surface area (Å²) in [6.07, 6.45) is 0. The molecule has 0 atom stereocenters. The summed E-state index contributed by atoms with van der Waals surface area (Å²) in [5, 5.41) is 0. The van der Waals surface area contributed by atoms with E-state index in [-0.39, 0.29) is 25.4 Å². The molecule has 0 aliphatic rings. The Balaban J connectivity index is 0. The molecule has 0 bridgehead atoms. The van der Waals surface area contributed by atoms with Crippen molar-refractivity contribution in [1.29, 1.82) is 0 Å². The molecule has 0 aliphatic heterocycles. The summed E-state index contributed by atoms with van der Waals surface area (Å²) in [7, 11) is 0. The van der Waals surface area contributed by atoms with Gasteiger partial charge in [-0.3, -0.25) is 4.79 Å². The van der Waals surface area contributed by atoms with Crippen LogP contribution in [0.1, 0.15) is 6.92 Å². The van der Waals surface area contributed by atoms with E-state index in [1.165, 1.54) is 6.92 Å². The third kappa shape index (κ3) is 2060. The van der Waals surface area contributed by atoms with Gasteiger partial charge in [0, 0.05) is 6.92 Å². The van der Waals surface area contributed by atoms with Crippen molar-refractivity contribution in [2.45, 2.75) is 6.92 Å². The first kappa shape index (κ1) is 8.92. The van der Waals surface area contributed by atoms with Crippen LogP contribution in [0.15, 0.2) is 0 Å². The van der Waals surface area contributed by atoms with Crippen LogP contribution in [0.3, 0.4) is 0 Å². The van der Waals surface area contributed by atoms with Crippen molar-refractivity contribution in [3.63, 3.8) is 0 Å². The number of amides is 1. The van der Waals surface area contributed by atoms with Gasteiger partial charge >= 0.3 is 19.5 Å². The second kappa shape index (κ2) is 4.09. The molecule has 0 unspecified atom stereocenters. The SMILES string of the molecule is CC(N)=O.[Rh+2]. The topological polar surface area (TPSA) is 43.1 Å². The van der Waals surface area contributed by atoms with E-state index in [9.17, 15) is 4.79 Å². The minimum Gasteiger partial charge on any atom is -0.370 e. The predicted octanol–water partition coefficient (Wildman–Crippen LogP) is -0.511. The zero-order valence-electron chi connectivity index (χ0n) is 2.82. The van der Waals surface area contributed by atoms with Gasteiger partial charge in [0.15, 0.2) is 0 Å². The number of nitrogens with two attached hydrogens (primary N) is 1. The van der Waals surface area contributed by atoms with Crippen molar-refractivity contribution in [3.05, 3.63) is 0 Å². The third-order valence-electron chi connectivity index (χ3n) is 0.